The van der Waals surface area contributed by atoms with Crippen molar-refractivity contribution in [1.82, 2.24) is 34.7 Å². The maximum atomic E-state index is 13.7. The van der Waals surface area contributed by atoms with Gasteiger partial charge in [0.15, 0.2) is 11.4 Å². The molecule has 0 bridgehead atoms. The van der Waals surface area contributed by atoms with Gasteiger partial charge in [0.1, 0.15) is 11.3 Å². The van der Waals surface area contributed by atoms with Crippen LogP contribution in [0.4, 0.5) is 13.2 Å². The number of alkyl halides is 3. The number of aromatic amines is 1. The summed E-state index contributed by atoms with van der Waals surface area (Å²) in [5.41, 5.74) is 2.34. The van der Waals surface area contributed by atoms with Gasteiger partial charge in [-0.25, -0.2) is 14.5 Å². The molecule has 0 atom stereocenters. The number of hydrogen-bond donors (Lipinski definition) is 1. The largest absolute Gasteiger partial charge is 0.493 e. The molecule has 0 saturated carbocycles. The second-order valence-electron chi connectivity index (χ2n) is 9.42. The van der Waals surface area contributed by atoms with Crippen molar-refractivity contribution in [2.45, 2.75) is 58.2 Å². The van der Waals surface area contributed by atoms with E-state index in [1.807, 2.05) is 6.92 Å². The van der Waals surface area contributed by atoms with Gasteiger partial charge in [-0.15, -0.1) is 11.3 Å². The van der Waals surface area contributed by atoms with Crippen LogP contribution in [0.5, 0.6) is 5.75 Å². The number of piperidine rings is 1. The van der Waals surface area contributed by atoms with Crippen LogP contribution in [0.1, 0.15) is 48.7 Å². The van der Waals surface area contributed by atoms with Gasteiger partial charge < -0.3 is 9.64 Å². The predicted molar refractivity (Wildman–Crippen MR) is 131 cm³/mol. The molecule has 1 aliphatic rings. The van der Waals surface area contributed by atoms with Gasteiger partial charge >= 0.3 is 6.18 Å². The van der Waals surface area contributed by atoms with E-state index in [9.17, 15) is 13.2 Å². The highest BCUT2D eigenvalue weighted by Gasteiger charge is 2.34. The normalized spacial score (nSPS) is 15.9. The zero-order chi connectivity index (χ0) is 25.6. The van der Waals surface area contributed by atoms with Gasteiger partial charge in [-0.3, -0.25) is 5.10 Å². The van der Waals surface area contributed by atoms with Crippen LogP contribution in [-0.2, 0) is 6.42 Å². The smallest absolute Gasteiger partial charge is 0.393 e. The van der Waals surface area contributed by atoms with E-state index in [-0.39, 0.29) is 11.3 Å². The Kier molecular flexibility index (Phi) is 6.50. The molecule has 1 aliphatic heterocycles. The number of nitrogens with one attached hydrogen (secondary N) is 1. The van der Waals surface area contributed by atoms with E-state index in [0.717, 1.165) is 36.5 Å². The van der Waals surface area contributed by atoms with E-state index in [0.29, 0.717) is 39.6 Å². The lowest BCUT2D eigenvalue weighted by molar-refractivity contribution is -0.127. The first-order valence-corrected chi connectivity index (χ1v) is 12.7. The van der Waals surface area contributed by atoms with Crippen molar-refractivity contribution >= 4 is 17.0 Å². The highest BCUT2D eigenvalue weighted by atomic mass is 32.1. The molecular weight excluding hydrogens is 491 g/mol. The van der Waals surface area contributed by atoms with Crippen LogP contribution in [0.3, 0.4) is 0 Å². The lowest BCUT2D eigenvalue weighted by atomic mass is 9.94. The van der Waals surface area contributed by atoms with Crippen molar-refractivity contribution in [3.8, 4) is 27.7 Å². The van der Waals surface area contributed by atoms with Crippen molar-refractivity contribution in [1.29, 1.82) is 0 Å². The summed E-state index contributed by atoms with van der Waals surface area (Å²) in [5, 5.41) is 11.8. The third-order valence-corrected chi connectivity index (χ3v) is 8.09. The standard InChI is InChI=1S/C24H28F3N7OS/c1-13(2)33-7-5-15(6-8-33)21-14(3)30-23(36-21)20-17(10-24(25,26)27)19(31-32-20)16-9-18(35-4)22-28-12-29-34(22)11-16/h9,11-13,15H,5-8,10H2,1-4H3,(H,31,32). The Morgan fingerprint density at radius 3 is 2.67 bits per heavy atom. The fourth-order valence-electron chi connectivity index (χ4n) is 4.90. The zero-order valence-corrected chi connectivity index (χ0v) is 21.4. The summed E-state index contributed by atoms with van der Waals surface area (Å²) in [4.78, 5) is 12.4. The van der Waals surface area contributed by atoms with Crippen molar-refractivity contribution in [3.05, 3.63) is 34.7 Å². The minimum atomic E-state index is -4.42. The first-order chi connectivity index (χ1) is 17.1. The van der Waals surface area contributed by atoms with Gasteiger partial charge in [0.05, 0.1) is 30.6 Å². The number of ether oxygens (including phenoxy) is 1. The molecule has 12 heteroatoms. The SMILES string of the molecule is COc1cc(-c2n[nH]c(-c3nc(C)c(C4CCN(C(C)C)CC4)s3)c2CC(F)(F)F)cn2ncnc12. The first-order valence-electron chi connectivity index (χ1n) is 11.9. The summed E-state index contributed by atoms with van der Waals surface area (Å²) in [5.74, 6) is 0.756. The summed E-state index contributed by atoms with van der Waals surface area (Å²) < 4.78 is 48.0. The lowest BCUT2D eigenvalue weighted by Crippen LogP contribution is -2.37. The quantitative estimate of drug-likeness (QED) is 0.375. The monoisotopic (exact) mass is 519 g/mol. The van der Waals surface area contributed by atoms with E-state index < -0.39 is 12.6 Å². The van der Waals surface area contributed by atoms with Gasteiger partial charge in [0.25, 0.3) is 0 Å². The molecule has 192 valence electrons. The number of hydrogen-bond acceptors (Lipinski definition) is 7. The van der Waals surface area contributed by atoms with Crippen molar-refractivity contribution < 1.29 is 17.9 Å². The first kappa shape index (κ1) is 24.7. The van der Waals surface area contributed by atoms with E-state index in [1.54, 1.807) is 12.3 Å². The van der Waals surface area contributed by atoms with Crippen LogP contribution in [0.25, 0.3) is 27.6 Å². The minimum absolute atomic E-state index is 0.0546. The minimum Gasteiger partial charge on any atom is -0.493 e. The second kappa shape index (κ2) is 9.47. The Hall–Kier alpha value is -2.99. The predicted octanol–water partition coefficient (Wildman–Crippen LogP) is 5.25. The average Bonchev–Trinajstić information content (AvgIpc) is 3.55. The van der Waals surface area contributed by atoms with E-state index in [4.69, 9.17) is 9.72 Å². The van der Waals surface area contributed by atoms with Crippen LogP contribution in [-0.4, -0.2) is 67.1 Å². The van der Waals surface area contributed by atoms with Gasteiger partial charge in [-0.2, -0.15) is 23.4 Å². The molecule has 36 heavy (non-hydrogen) atoms. The number of nitrogens with zero attached hydrogens (tertiary/aromatic N) is 6. The van der Waals surface area contributed by atoms with Crippen molar-refractivity contribution in [2.75, 3.05) is 20.2 Å². The molecule has 5 heterocycles. The fraction of sp³-hybridized carbons (Fsp3) is 0.500. The van der Waals surface area contributed by atoms with Gasteiger partial charge in [-0.1, -0.05) is 0 Å². The fourth-order valence-corrected chi connectivity index (χ4v) is 6.16. The molecule has 1 fully saturated rings. The molecule has 0 unspecified atom stereocenters. The van der Waals surface area contributed by atoms with Gasteiger partial charge in [0.2, 0.25) is 0 Å². The van der Waals surface area contributed by atoms with Crippen LogP contribution in [0.15, 0.2) is 18.6 Å². The topological polar surface area (TPSA) is 84.2 Å². The molecule has 0 radical (unpaired) electrons. The maximum absolute atomic E-state index is 13.7. The number of pyridine rings is 1. The van der Waals surface area contributed by atoms with Gasteiger partial charge in [-0.05, 0) is 58.7 Å². The molecule has 5 rings (SSSR count). The molecule has 8 nitrogen and oxygen atoms in total. The third-order valence-electron chi connectivity index (χ3n) is 6.76. The molecule has 1 saturated heterocycles. The second-order valence-corrected chi connectivity index (χ2v) is 10.4. The maximum Gasteiger partial charge on any atom is 0.393 e. The number of aromatic nitrogens is 6. The Morgan fingerprint density at radius 1 is 1.25 bits per heavy atom. The van der Waals surface area contributed by atoms with Crippen LogP contribution in [0, 0.1) is 6.92 Å². The number of rotatable bonds is 6. The summed E-state index contributed by atoms with van der Waals surface area (Å²) >= 11 is 1.47. The molecule has 1 N–H and O–H groups in total. The number of likely N-dealkylation sites (tertiary alicyclic amines) is 1. The molecule has 0 amide bonds. The van der Waals surface area contributed by atoms with Crippen molar-refractivity contribution in [2.24, 2.45) is 0 Å². The van der Waals surface area contributed by atoms with E-state index in [2.05, 4.69) is 39.0 Å². The molecule has 4 aromatic rings. The zero-order valence-electron chi connectivity index (χ0n) is 20.6. The molecule has 0 aromatic carbocycles. The van der Waals surface area contributed by atoms with E-state index >= 15 is 0 Å². The van der Waals surface area contributed by atoms with Gasteiger partial charge in [0, 0.05) is 28.2 Å². The number of H-pyrrole nitrogens is 1. The van der Waals surface area contributed by atoms with Crippen molar-refractivity contribution in [3.63, 3.8) is 0 Å². The Labute approximate surface area is 210 Å². The summed E-state index contributed by atoms with van der Waals surface area (Å²) in [6.07, 6.45) is -0.560. The highest BCUT2D eigenvalue weighted by molar-refractivity contribution is 7.15. The molecule has 4 aromatic heterocycles. The van der Waals surface area contributed by atoms with Crippen LogP contribution in [0.2, 0.25) is 0 Å². The Bertz CT molecular complexity index is 1370. The number of thiazole rings is 1. The number of aryl methyl sites for hydroxylation is 1. The highest BCUT2D eigenvalue weighted by Crippen LogP contribution is 2.41. The van der Waals surface area contributed by atoms with E-state index in [1.165, 1.54) is 29.3 Å². The molecular formula is C24H28F3N7OS. The average molecular weight is 520 g/mol. The van der Waals surface area contributed by atoms with Crippen LogP contribution >= 0.6 is 11.3 Å². The number of fused-ring (bicyclic) bond motifs is 1. The van der Waals surface area contributed by atoms with Crippen LogP contribution < -0.4 is 4.74 Å². The number of halogens is 3. The summed E-state index contributed by atoms with van der Waals surface area (Å²) in [7, 11) is 1.48. The summed E-state index contributed by atoms with van der Waals surface area (Å²) in [6.45, 7) is 8.35. The Morgan fingerprint density at radius 2 is 2.00 bits per heavy atom. The summed E-state index contributed by atoms with van der Waals surface area (Å²) in [6, 6.07) is 2.14. The number of methoxy groups -OCH3 is 1. The molecule has 0 aliphatic carbocycles. The third kappa shape index (κ3) is 4.71. The molecule has 0 spiro atoms. The lowest BCUT2D eigenvalue weighted by Gasteiger charge is -2.34. The Balaban J connectivity index is 1.54.